The van der Waals surface area contributed by atoms with Crippen LogP contribution in [-0.4, -0.2) is 80.6 Å². The van der Waals surface area contributed by atoms with Crippen molar-refractivity contribution in [2.24, 2.45) is 0 Å². The molecule has 1 amide bonds. The highest BCUT2D eigenvalue weighted by Crippen LogP contribution is 2.23. The lowest BCUT2D eigenvalue weighted by molar-refractivity contribution is -0.154. The molecule has 2 aliphatic rings. The number of para-hydroxylation sites is 1. The molecule has 0 saturated carbocycles. The van der Waals surface area contributed by atoms with Crippen LogP contribution < -0.4 is 4.90 Å². The van der Waals surface area contributed by atoms with Crippen molar-refractivity contribution in [3.8, 4) is 0 Å². The minimum atomic E-state index is -3.50. The minimum Gasteiger partial charge on any atom is -0.454 e. The topological polar surface area (TPSA) is 87.2 Å². The molecule has 0 radical (unpaired) electrons. The van der Waals surface area contributed by atoms with E-state index in [4.69, 9.17) is 4.74 Å². The summed E-state index contributed by atoms with van der Waals surface area (Å²) in [5.41, 5.74) is 0.505. The number of halogens is 1. The fraction of sp³-hybridized carbons (Fsp3) is 0.600. The third-order valence-corrected chi connectivity index (χ3v) is 7.53. The van der Waals surface area contributed by atoms with E-state index in [9.17, 15) is 22.4 Å². The van der Waals surface area contributed by atoms with Crippen molar-refractivity contribution >= 4 is 27.6 Å². The van der Waals surface area contributed by atoms with E-state index in [-0.39, 0.29) is 17.5 Å². The number of nitrogens with zero attached hydrogens (tertiary/aromatic N) is 3. The normalized spacial score (nSPS) is 20.4. The van der Waals surface area contributed by atoms with Crippen molar-refractivity contribution in [3.05, 3.63) is 30.1 Å². The highest BCUT2D eigenvalue weighted by atomic mass is 32.2. The van der Waals surface area contributed by atoms with Crippen LogP contribution in [0.5, 0.6) is 0 Å². The Bertz CT molecular complexity index is 871. The number of piperazine rings is 1. The summed E-state index contributed by atoms with van der Waals surface area (Å²) in [4.78, 5) is 28.3. The van der Waals surface area contributed by atoms with Gasteiger partial charge in [0.2, 0.25) is 10.0 Å². The lowest BCUT2D eigenvalue weighted by Gasteiger charge is -2.36. The summed E-state index contributed by atoms with van der Waals surface area (Å²) >= 11 is 0. The quantitative estimate of drug-likeness (QED) is 0.592. The Morgan fingerprint density at radius 3 is 2.50 bits per heavy atom. The van der Waals surface area contributed by atoms with Gasteiger partial charge >= 0.3 is 5.97 Å². The van der Waals surface area contributed by atoms with E-state index in [1.165, 1.54) is 10.4 Å². The molecule has 0 bridgehead atoms. The van der Waals surface area contributed by atoms with Gasteiger partial charge in [-0.25, -0.2) is 12.8 Å². The van der Waals surface area contributed by atoms with Crippen molar-refractivity contribution in [3.63, 3.8) is 0 Å². The van der Waals surface area contributed by atoms with Crippen LogP contribution in [0.1, 0.15) is 26.2 Å². The number of benzene rings is 1. The van der Waals surface area contributed by atoms with E-state index in [0.717, 1.165) is 0 Å². The maximum Gasteiger partial charge on any atom is 0.324 e. The Labute approximate surface area is 176 Å². The second kappa shape index (κ2) is 9.74. The Balaban J connectivity index is 1.49. The van der Waals surface area contributed by atoms with Crippen molar-refractivity contribution in [1.29, 1.82) is 0 Å². The lowest BCUT2D eigenvalue weighted by Crippen LogP contribution is -2.50. The van der Waals surface area contributed by atoms with Gasteiger partial charge in [-0.1, -0.05) is 19.1 Å². The SMILES string of the molecule is CCCS(=O)(=O)N1CCCC1C(=O)OCC(=O)N1CCN(c2ccccc2F)CC1. The van der Waals surface area contributed by atoms with E-state index in [2.05, 4.69) is 0 Å². The number of ether oxygens (including phenoxy) is 1. The zero-order valence-corrected chi connectivity index (χ0v) is 17.9. The van der Waals surface area contributed by atoms with E-state index >= 15 is 0 Å². The first-order chi connectivity index (χ1) is 14.3. The third-order valence-electron chi connectivity index (χ3n) is 5.46. The van der Waals surface area contributed by atoms with Gasteiger partial charge in [0.25, 0.3) is 5.91 Å². The van der Waals surface area contributed by atoms with Gasteiger partial charge in [0, 0.05) is 32.7 Å². The van der Waals surface area contributed by atoms with Crippen LogP contribution in [0.3, 0.4) is 0 Å². The smallest absolute Gasteiger partial charge is 0.324 e. The molecule has 0 spiro atoms. The van der Waals surface area contributed by atoms with Crippen LogP contribution in [0, 0.1) is 5.82 Å². The maximum absolute atomic E-state index is 13.9. The molecule has 2 saturated heterocycles. The maximum atomic E-state index is 13.9. The summed E-state index contributed by atoms with van der Waals surface area (Å²) in [6.07, 6.45) is 1.46. The molecule has 1 aromatic rings. The summed E-state index contributed by atoms with van der Waals surface area (Å²) in [5.74, 6) is -1.32. The number of hydrogen-bond donors (Lipinski definition) is 0. The number of anilines is 1. The van der Waals surface area contributed by atoms with Gasteiger partial charge in [-0.15, -0.1) is 0 Å². The first-order valence-corrected chi connectivity index (χ1v) is 11.9. The Morgan fingerprint density at radius 2 is 1.83 bits per heavy atom. The van der Waals surface area contributed by atoms with Crippen LogP contribution >= 0.6 is 0 Å². The monoisotopic (exact) mass is 441 g/mol. The highest BCUT2D eigenvalue weighted by molar-refractivity contribution is 7.89. The number of amides is 1. The fourth-order valence-electron chi connectivity index (χ4n) is 3.91. The van der Waals surface area contributed by atoms with Gasteiger partial charge in [0.15, 0.2) is 6.61 Å². The third kappa shape index (κ3) is 5.10. The first-order valence-electron chi connectivity index (χ1n) is 10.3. The summed E-state index contributed by atoms with van der Waals surface area (Å²) in [7, 11) is -3.50. The van der Waals surface area contributed by atoms with Gasteiger partial charge < -0.3 is 14.5 Å². The van der Waals surface area contributed by atoms with E-state index in [1.807, 2.05) is 4.90 Å². The number of carbonyl (C=O) groups is 2. The number of rotatable bonds is 7. The zero-order valence-electron chi connectivity index (χ0n) is 17.1. The molecule has 10 heteroatoms. The molecule has 0 N–H and O–H groups in total. The molecule has 1 atom stereocenters. The van der Waals surface area contributed by atoms with Crippen LogP contribution in [0.25, 0.3) is 0 Å². The average Bonchev–Trinajstić information content (AvgIpc) is 3.23. The molecule has 2 fully saturated rings. The van der Waals surface area contributed by atoms with Gasteiger partial charge in [0.1, 0.15) is 11.9 Å². The van der Waals surface area contributed by atoms with Gasteiger partial charge in [0.05, 0.1) is 11.4 Å². The molecule has 8 nitrogen and oxygen atoms in total. The fourth-order valence-corrected chi connectivity index (χ4v) is 5.65. The summed E-state index contributed by atoms with van der Waals surface area (Å²) in [6, 6.07) is 5.65. The van der Waals surface area contributed by atoms with Gasteiger partial charge in [-0.3, -0.25) is 9.59 Å². The molecular formula is C20H28FN3O5S. The first kappa shape index (κ1) is 22.5. The number of esters is 1. The summed E-state index contributed by atoms with van der Waals surface area (Å²) < 4.78 is 44.9. The van der Waals surface area contributed by atoms with Gasteiger partial charge in [-0.05, 0) is 31.4 Å². The van der Waals surface area contributed by atoms with Crippen molar-refractivity contribution in [2.45, 2.75) is 32.2 Å². The molecule has 2 aliphatic heterocycles. The van der Waals surface area contributed by atoms with Crippen molar-refractivity contribution < 1.29 is 27.1 Å². The van der Waals surface area contributed by atoms with Crippen LogP contribution in [0.2, 0.25) is 0 Å². The number of carbonyl (C=O) groups excluding carboxylic acids is 2. The molecule has 1 unspecified atom stereocenters. The van der Waals surface area contributed by atoms with Crippen LogP contribution in [0.15, 0.2) is 24.3 Å². The Hall–Kier alpha value is -2.20. The standard InChI is InChI=1S/C20H28FN3O5S/c1-2-14-30(27,28)24-9-5-8-18(24)20(26)29-15-19(25)23-12-10-22(11-13-23)17-7-4-3-6-16(17)21/h3-4,6-7,18H,2,5,8-15H2,1H3. The molecule has 30 heavy (non-hydrogen) atoms. The largest absolute Gasteiger partial charge is 0.454 e. The summed E-state index contributed by atoms with van der Waals surface area (Å²) in [6.45, 7) is 3.39. The molecular weight excluding hydrogens is 413 g/mol. The van der Waals surface area contributed by atoms with Crippen molar-refractivity contribution in [2.75, 3.05) is 50.0 Å². The second-order valence-electron chi connectivity index (χ2n) is 7.51. The van der Waals surface area contributed by atoms with E-state index in [1.54, 1.807) is 30.0 Å². The zero-order chi connectivity index (χ0) is 21.7. The van der Waals surface area contributed by atoms with Gasteiger partial charge in [-0.2, -0.15) is 4.31 Å². The summed E-state index contributed by atoms with van der Waals surface area (Å²) in [5, 5.41) is 0. The molecule has 0 aliphatic carbocycles. The Kier molecular flexibility index (Phi) is 7.30. The average molecular weight is 442 g/mol. The Morgan fingerprint density at radius 1 is 1.13 bits per heavy atom. The van der Waals surface area contributed by atoms with E-state index in [0.29, 0.717) is 57.7 Å². The lowest BCUT2D eigenvalue weighted by atomic mass is 10.2. The minimum absolute atomic E-state index is 0.0119. The van der Waals surface area contributed by atoms with Crippen LogP contribution in [-0.2, 0) is 24.3 Å². The molecule has 1 aromatic carbocycles. The van der Waals surface area contributed by atoms with Crippen LogP contribution in [0.4, 0.5) is 10.1 Å². The number of sulfonamides is 1. The molecule has 2 heterocycles. The predicted molar refractivity (Wildman–Crippen MR) is 110 cm³/mol. The van der Waals surface area contributed by atoms with E-state index < -0.39 is 28.6 Å². The molecule has 166 valence electrons. The van der Waals surface area contributed by atoms with Crippen molar-refractivity contribution in [1.82, 2.24) is 9.21 Å². The second-order valence-corrected chi connectivity index (χ2v) is 9.55. The molecule has 0 aromatic heterocycles. The molecule has 3 rings (SSSR count). The number of hydrogen-bond acceptors (Lipinski definition) is 6. The predicted octanol–water partition coefficient (Wildman–Crippen LogP) is 1.22. The highest BCUT2D eigenvalue weighted by Gasteiger charge is 2.39.